The van der Waals surface area contributed by atoms with Crippen LogP contribution in [0.4, 0.5) is 15.0 Å². The van der Waals surface area contributed by atoms with Crippen LogP contribution < -0.4 is 4.90 Å². The fourth-order valence-electron chi connectivity index (χ4n) is 2.50. The van der Waals surface area contributed by atoms with Crippen molar-refractivity contribution < 1.29 is 23.8 Å². The Morgan fingerprint density at radius 1 is 1.23 bits per heavy atom. The normalized spacial score (nSPS) is 10.7. The summed E-state index contributed by atoms with van der Waals surface area (Å²) in [6.07, 6.45) is 2.06. The molecule has 31 heavy (non-hydrogen) atoms. The predicted octanol–water partition coefficient (Wildman–Crippen LogP) is 3.22. The minimum absolute atomic E-state index is 0.0146. The van der Waals surface area contributed by atoms with Crippen LogP contribution in [0.1, 0.15) is 5.56 Å². The highest BCUT2D eigenvalue weighted by Gasteiger charge is 2.23. The first-order valence-electron chi connectivity index (χ1n) is 8.89. The minimum Gasteiger partial charge on any atom is -0.448 e. The molecule has 2 heterocycles. The van der Waals surface area contributed by atoms with Gasteiger partial charge in [-0.05, 0) is 17.7 Å². The topological polar surface area (TPSA) is 136 Å². The van der Waals surface area contributed by atoms with Crippen molar-refractivity contribution in [1.82, 2.24) is 19.9 Å². The standard InChI is InChI=1S/C17H17FN6O5S2/c18-13-3-1-2-12(8-13)9-23(16-14-15(20-10-19-14)21-11-22-16)17(25)28-4-6-30-31-7-5-29-24(26)27/h1-3,8,10-11H,4-7,9H2,(H,19,20,21,22). The molecule has 0 spiro atoms. The van der Waals surface area contributed by atoms with E-state index in [1.807, 2.05) is 0 Å². The number of anilines is 1. The lowest BCUT2D eigenvalue weighted by atomic mass is 10.2. The lowest BCUT2D eigenvalue weighted by molar-refractivity contribution is -0.756. The van der Waals surface area contributed by atoms with Gasteiger partial charge < -0.3 is 14.6 Å². The number of fused-ring (bicyclic) bond motifs is 1. The van der Waals surface area contributed by atoms with Gasteiger partial charge in [-0.1, -0.05) is 33.7 Å². The fraction of sp³-hybridized carbons (Fsp3) is 0.294. The summed E-state index contributed by atoms with van der Waals surface area (Å²) in [6, 6.07) is 5.87. The van der Waals surface area contributed by atoms with Gasteiger partial charge in [0.1, 0.15) is 25.4 Å². The van der Waals surface area contributed by atoms with Gasteiger partial charge in [0.2, 0.25) is 0 Å². The number of aromatic amines is 1. The van der Waals surface area contributed by atoms with E-state index >= 15 is 0 Å². The molecule has 1 amide bonds. The van der Waals surface area contributed by atoms with E-state index in [4.69, 9.17) is 4.74 Å². The van der Waals surface area contributed by atoms with Crippen LogP contribution in [0.15, 0.2) is 36.9 Å². The molecular weight excluding hydrogens is 451 g/mol. The molecule has 0 unspecified atom stereocenters. The van der Waals surface area contributed by atoms with Crippen LogP contribution in [0, 0.1) is 15.9 Å². The number of carbonyl (C=O) groups excluding carboxylic acids is 1. The van der Waals surface area contributed by atoms with Gasteiger partial charge in [0, 0.05) is 11.5 Å². The molecular formula is C17H17FN6O5S2. The number of imidazole rings is 1. The monoisotopic (exact) mass is 468 g/mol. The Balaban J connectivity index is 1.62. The van der Waals surface area contributed by atoms with Crippen LogP contribution in [-0.4, -0.2) is 55.8 Å². The molecule has 164 valence electrons. The van der Waals surface area contributed by atoms with E-state index < -0.39 is 17.0 Å². The second kappa shape index (κ2) is 11.3. The smallest absolute Gasteiger partial charge is 0.415 e. The Labute approximate surface area is 183 Å². The number of nitrogens with one attached hydrogen (secondary N) is 1. The second-order valence-corrected chi connectivity index (χ2v) is 8.53. The number of nitrogens with zero attached hydrogens (tertiary/aromatic N) is 5. The molecule has 11 nitrogen and oxygen atoms in total. The predicted molar refractivity (Wildman–Crippen MR) is 113 cm³/mol. The Morgan fingerprint density at radius 3 is 2.81 bits per heavy atom. The zero-order valence-electron chi connectivity index (χ0n) is 16.0. The van der Waals surface area contributed by atoms with Crippen LogP contribution >= 0.6 is 21.6 Å². The molecule has 0 aliphatic rings. The third-order valence-electron chi connectivity index (χ3n) is 3.74. The summed E-state index contributed by atoms with van der Waals surface area (Å²) in [5.74, 6) is 0.695. The van der Waals surface area contributed by atoms with Crippen LogP contribution in [0.3, 0.4) is 0 Å². The maximum Gasteiger partial charge on any atom is 0.415 e. The number of hydrogen-bond acceptors (Lipinski definition) is 10. The molecule has 0 aliphatic heterocycles. The molecule has 3 aromatic rings. The molecule has 1 N–H and O–H groups in total. The van der Waals surface area contributed by atoms with E-state index in [1.54, 1.807) is 12.1 Å². The van der Waals surface area contributed by atoms with Crippen LogP contribution in [0.5, 0.6) is 0 Å². The van der Waals surface area contributed by atoms with Gasteiger partial charge in [-0.25, -0.2) is 24.1 Å². The van der Waals surface area contributed by atoms with E-state index in [2.05, 4.69) is 24.8 Å². The van der Waals surface area contributed by atoms with E-state index in [0.29, 0.717) is 28.2 Å². The van der Waals surface area contributed by atoms with E-state index in [9.17, 15) is 19.3 Å². The maximum absolute atomic E-state index is 13.6. The maximum atomic E-state index is 13.6. The summed E-state index contributed by atoms with van der Waals surface area (Å²) in [7, 11) is 2.75. The third kappa shape index (κ3) is 6.68. The van der Waals surface area contributed by atoms with E-state index in [-0.39, 0.29) is 25.6 Å². The van der Waals surface area contributed by atoms with Gasteiger partial charge in [0.05, 0.1) is 12.9 Å². The molecule has 1 aromatic carbocycles. The molecule has 14 heteroatoms. The molecule has 0 aliphatic carbocycles. The quantitative estimate of drug-likeness (QED) is 0.193. The molecule has 2 aromatic heterocycles. The third-order valence-corrected chi connectivity index (χ3v) is 6.08. The number of halogens is 1. The highest BCUT2D eigenvalue weighted by Crippen LogP contribution is 2.24. The van der Waals surface area contributed by atoms with Crippen molar-refractivity contribution in [3.63, 3.8) is 0 Å². The van der Waals surface area contributed by atoms with Gasteiger partial charge in [-0.2, -0.15) is 0 Å². The number of benzene rings is 1. The Kier molecular flexibility index (Phi) is 8.23. The largest absolute Gasteiger partial charge is 0.448 e. The van der Waals surface area contributed by atoms with Crippen molar-refractivity contribution >= 4 is 44.7 Å². The highest BCUT2D eigenvalue weighted by atomic mass is 33.1. The van der Waals surface area contributed by atoms with Crippen LogP contribution in [0.25, 0.3) is 11.2 Å². The minimum atomic E-state index is -0.844. The summed E-state index contributed by atoms with van der Waals surface area (Å²) < 4.78 is 19.0. The second-order valence-electron chi connectivity index (χ2n) is 5.83. The van der Waals surface area contributed by atoms with Crippen molar-refractivity contribution in [2.24, 2.45) is 0 Å². The number of aromatic nitrogens is 4. The first-order chi connectivity index (χ1) is 15.0. The van der Waals surface area contributed by atoms with Gasteiger partial charge in [-0.15, -0.1) is 10.1 Å². The van der Waals surface area contributed by atoms with Crippen molar-refractivity contribution in [3.05, 3.63) is 58.4 Å². The zero-order chi connectivity index (χ0) is 22.1. The molecule has 3 rings (SSSR count). The van der Waals surface area contributed by atoms with Crippen LogP contribution in [0.2, 0.25) is 0 Å². The van der Waals surface area contributed by atoms with Crippen molar-refractivity contribution in [2.75, 3.05) is 29.6 Å². The van der Waals surface area contributed by atoms with Crippen LogP contribution in [-0.2, 0) is 16.1 Å². The summed E-state index contributed by atoms with van der Waals surface area (Å²) in [6.45, 7) is 0.107. The lowest BCUT2D eigenvalue weighted by Gasteiger charge is -2.21. The van der Waals surface area contributed by atoms with Gasteiger partial charge >= 0.3 is 6.09 Å². The number of ether oxygens (including phenoxy) is 1. The van der Waals surface area contributed by atoms with Gasteiger partial charge in [0.25, 0.3) is 5.09 Å². The van der Waals surface area contributed by atoms with E-state index in [1.165, 1.54) is 51.3 Å². The SMILES string of the molecule is O=C(OCCSSCCO[N+](=O)[O-])N(Cc1cccc(F)c1)c1ncnc2[nH]cnc12. The summed E-state index contributed by atoms with van der Waals surface area (Å²) in [5.41, 5.74) is 1.38. The first-order valence-corrected chi connectivity index (χ1v) is 11.4. The average molecular weight is 468 g/mol. The van der Waals surface area contributed by atoms with Crippen molar-refractivity contribution in [2.45, 2.75) is 6.54 Å². The highest BCUT2D eigenvalue weighted by molar-refractivity contribution is 8.76. The summed E-state index contributed by atoms with van der Waals surface area (Å²) in [4.78, 5) is 43.6. The molecule has 0 radical (unpaired) electrons. The summed E-state index contributed by atoms with van der Waals surface area (Å²) >= 11 is 0. The number of amides is 1. The fourth-order valence-corrected chi connectivity index (χ4v) is 4.14. The lowest BCUT2D eigenvalue weighted by Crippen LogP contribution is -2.32. The Morgan fingerprint density at radius 2 is 2.03 bits per heavy atom. The Bertz CT molecular complexity index is 1040. The average Bonchev–Trinajstić information content (AvgIpc) is 3.23. The molecule has 0 fully saturated rings. The Hall–Kier alpha value is -3.13. The zero-order valence-corrected chi connectivity index (χ0v) is 17.6. The first kappa shape index (κ1) is 22.6. The summed E-state index contributed by atoms with van der Waals surface area (Å²) in [5, 5.41) is 9.23. The van der Waals surface area contributed by atoms with E-state index in [0.717, 1.165) is 0 Å². The number of rotatable bonds is 11. The number of hydrogen-bond donors (Lipinski definition) is 1. The van der Waals surface area contributed by atoms with Gasteiger partial charge in [-0.3, -0.25) is 4.90 Å². The molecule has 0 saturated heterocycles. The molecule has 0 atom stereocenters. The molecule has 0 bridgehead atoms. The number of carbonyl (C=O) groups is 1. The number of H-pyrrole nitrogens is 1. The van der Waals surface area contributed by atoms with Gasteiger partial charge in [0.15, 0.2) is 17.0 Å². The van der Waals surface area contributed by atoms with Crippen molar-refractivity contribution in [3.8, 4) is 0 Å². The molecule has 0 saturated carbocycles. The van der Waals surface area contributed by atoms with Crippen molar-refractivity contribution in [1.29, 1.82) is 0 Å².